The van der Waals surface area contributed by atoms with Gasteiger partial charge in [-0.2, -0.15) is 0 Å². The molecule has 2 rings (SSSR count). The number of nitrogens with one attached hydrogen (secondary N) is 3. The van der Waals surface area contributed by atoms with Crippen LogP contribution < -0.4 is 22.1 Å². The van der Waals surface area contributed by atoms with Gasteiger partial charge in [0, 0.05) is 11.6 Å². The van der Waals surface area contributed by atoms with Crippen molar-refractivity contribution in [2.45, 2.75) is 17.3 Å². The average Bonchev–Trinajstić information content (AvgIpc) is 2.51. The lowest BCUT2D eigenvalue weighted by Gasteiger charge is -2.12. The molecule has 0 saturated heterocycles. The number of benzene rings is 1. The van der Waals surface area contributed by atoms with Gasteiger partial charge in [0.1, 0.15) is 11.6 Å². The fraction of sp³-hybridized carbons (Fsp3) is 0.143. The van der Waals surface area contributed by atoms with Crippen LogP contribution in [0.15, 0.2) is 40.3 Å². The second-order valence-corrected chi connectivity index (χ2v) is 6.02. The van der Waals surface area contributed by atoms with Gasteiger partial charge in [-0.1, -0.05) is 11.8 Å². The predicted octanol–water partition coefficient (Wildman–Crippen LogP) is 0.433. The van der Waals surface area contributed by atoms with Gasteiger partial charge in [0.15, 0.2) is 5.16 Å². The molecule has 2 amide bonds. The third kappa shape index (κ3) is 4.81. The van der Waals surface area contributed by atoms with Gasteiger partial charge in [0.05, 0.1) is 5.25 Å². The third-order valence-corrected chi connectivity index (χ3v) is 3.79. The van der Waals surface area contributed by atoms with Crippen molar-refractivity contribution in [1.82, 2.24) is 20.8 Å². The molecule has 2 aromatic rings. The van der Waals surface area contributed by atoms with E-state index in [0.29, 0.717) is 0 Å². The Labute approximate surface area is 140 Å². The fourth-order valence-electron chi connectivity index (χ4n) is 1.62. The molecule has 8 nitrogen and oxygen atoms in total. The molecule has 1 atom stereocenters. The first-order valence-corrected chi connectivity index (χ1v) is 7.62. The SMILES string of the molecule is CC(Sc1nc(N)cc(=O)[nH]1)C(=O)NNC(=O)c1ccc(F)cc1. The first kappa shape index (κ1) is 17.5. The number of hydrogen-bond acceptors (Lipinski definition) is 6. The van der Waals surface area contributed by atoms with Crippen molar-refractivity contribution < 1.29 is 14.0 Å². The zero-order valence-corrected chi connectivity index (χ0v) is 13.3. The number of halogens is 1. The van der Waals surface area contributed by atoms with E-state index in [0.717, 1.165) is 30.0 Å². The Kier molecular flexibility index (Phi) is 5.53. The van der Waals surface area contributed by atoms with E-state index >= 15 is 0 Å². The van der Waals surface area contributed by atoms with Crippen LogP contribution in [0.1, 0.15) is 17.3 Å². The summed E-state index contributed by atoms with van der Waals surface area (Å²) in [5.41, 5.74) is 9.68. The Hall–Kier alpha value is -2.88. The predicted molar refractivity (Wildman–Crippen MR) is 86.6 cm³/mol. The summed E-state index contributed by atoms with van der Waals surface area (Å²) < 4.78 is 12.8. The standard InChI is InChI=1S/C14H14FN5O3S/c1-7(24-14-17-10(16)6-11(21)18-14)12(22)19-20-13(23)8-2-4-9(15)5-3-8/h2-7H,1H3,(H,19,22)(H,20,23)(H3,16,17,18,21). The van der Waals surface area contributed by atoms with Crippen LogP contribution in [0.4, 0.5) is 10.2 Å². The maximum Gasteiger partial charge on any atom is 0.269 e. The molecule has 0 aliphatic heterocycles. The number of hydrazine groups is 1. The van der Waals surface area contributed by atoms with E-state index in [2.05, 4.69) is 20.8 Å². The molecule has 0 aliphatic carbocycles. The minimum atomic E-state index is -0.663. The molecule has 126 valence electrons. The highest BCUT2D eigenvalue weighted by Crippen LogP contribution is 2.18. The molecule has 1 heterocycles. The molecule has 0 fully saturated rings. The number of amides is 2. The van der Waals surface area contributed by atoms with Crippen molar-refractivity contribution in [3.05, 3.63) is 52.1 Å². The van der Waals surface area contributed by atoms with Gasteiger partial charge in [-0.15, -0.1) is 0 Å². The lowest BCUT2D eigenvalue weighted by atomic mass is 10.2. The summed E-state index contributed by atoms with van der Waals surface area (Å²) >= 11 is 0.970. The van der Waals surface area contributed by atoms with Crippen LogP contribution in [0.2, 0.25) is 0 Å². The van der Waals surface area contributed by atoms with Crippen LogP contribution in [0.3, 0.4) is 0 Å². The first-order valence-electron chi connectivity index (χ1n) is 6.74. The number of aromatic amines is 1. The van der Waals surface area contributed by atoms with Crippen LogP contribution in [0.5, 0.6) is 0 Å². The van der Waals surface area contributed by atoms with Gasteiger partial charge in [-0.05, 0) is 31.2 Å². The summed E-state index contributed by atoms with van der Waals surface area (Å²) in [6, 6.07) is 5.97. The van der Waals surface area contributed by atoms with Crippen molar-refractivity contribution in [2.24, 2.45) is 0 Å². The summed E-state index contributed by atoms with van der Waals surface area (Å²) in [7, 11) is 0. The lowest BCUT2D eigenvalue weighted by Crippen LogP contribution is -2.45. The maximum atomic E-state index is 12.8. The fourth-order valence-corrected chi connectivity index (χ4v) is 2.44. The first-order chi connectivity index (χ1) is 11.3. The van der Waals surface area contributed by atoms with Gasteiger partial charge in [-0.25, -0.2) is 9.37 Å². The largest absolute Gasteiger partial charge is 0.383 e. The van der Waals surface area contributed by atoms with E-state index in [1.165, 1.54) is 12.1 Å². The van der Waals surface area contributed by atoms with Crippen LogP contribution in [0.25, 0.3) is 0 Å². The maximum absolute atomic E-state index is 12.8. The Morgan fingerprint density at radius 1 is 1.29 bits per heavy atom. The van der Waals surface area contributed by atoms with Crippen LogP contribution in [-0.2, 0) is 4.79 Å². The number of anilines is 1. The molecule has 1 aromatic carbocycles. The number of carbonyl (C=O) groups is 2. The Bertz CT molecular complexity index is 809. The highest BCUT2D eigenvalue weighted by Gasteiger charge is 2.17. The zero-order chi connectivity index (χ0) is 17.7. The van der Waals surface area contributed by atoms with Crippen LogP contribution in [-0.4, -0.2) is 27.0 Å². The van der Waals surface area contributed by atoms with Gasteiger partial charge >= 0.3 is 0 Å². The molecule has 10 heteroatoms. The van der Waals surface area contributed by atoms with Crippen LogP contribution >= 0.6 is 11.8 Å². The summed E-state index contributed by atoms with van der Waals surface area (Å²) in [5.74, 6) is -1.53. The molecule has 0 aliphatic rings. The smallest absolute Gasteiger partial charge is 0.269 e. The summed E-state index contributed by atoms with van der Waals surface area (Å²) in [4.78, 5) is 41.4. The molecular weight excluding hydrogens is 337 g/mol. The van der Waals surface area contributed by atoms with Crippen molar-refractivity contribution in [2.75, 3.05) is 5.73 Å². The Morgan fingerprint density at radius 3 is 2.58 bits per heavy atom. The molecule has 1 aromatic heterocycles. The normalized spacial score (nSPS) is 11.6. The highest BCUT2D eigenvalue weighted by atomic mass is 32.2. The second-order valence-electron chi connectivity index (χ2n) is 4.69. The number of nitrogens with zero attached hydrogens (tertiary/aromatic N) is 1. The topological polar surface area (TPSA) is 130 Å². The van der Waals surface area contributed by atoms with Crippen molar-refractivity contribution >= 4 is 29.4 Å². The number of rotatable bonds is 4. The van der Waals surface area contributed by atoms with E-state index in [1.807, 2.05) is 0 Å². The number of nitrogen functional groups attached to an aromatic ring is 1. The van der Waals surface area contributed by atoms with Gasteiger partial charge in [0.25, 0.3) is 17.4 Å². The molecule has 0 bridgehead atoms. The Morgan fingerprint density at radius 2 is 1.96 bits per heavy atom. The number of H-pyrrole nitrogens is 1. The van der Waals surface area contributed by atoms with E-state index in [9.17, 15) is 18.8 Å². The number of hydrogen-bond donors (Lipinski definition) is 4. The van der Waals surface area contributed by atoms with E-state index in [-0.39, 0.29) is 16.5 Å². The molecule has 0 spiro atoms. The summed E-state index contributed by atoms with van der Waals surface area (Å²) in [5, 5.41) is -0.476. The van der Waals surface area contributed by atoms with Gasteiger partial charge in [-0.3, -0.25) is 25.2 Å². The minimum Gasteiger partial charge on any atom is -0.383 e. The van der Waals surface area contributed by atoms with Gasteiger partial charge in [0.2, 0.25) is 0 Å². The monoisotopic (exact) mass is 351 g/mol. The number of thioether (sulfide) groups is 1. The van der Waals surface area contributed by atoms with E-state index in [1.54, 1.807) is 6.92 Å². The van der Waals surface area contributed by atoms with Crippen molar-refractivity contribution in [3.8, 4) is 0 Å². The second kappa shape index (κ2) is 7.59. The number of aromatic nitrogens is 2. The van der Waals surface area contributed by atoms with E-state index in [4.69, 9.17) is 5.73 Å². The highest BCUT2D eigenvalue weighted by molar-refractivity contribution is 8.00. The van der Waals surface area contributed by atoms with E-state index < -0.39 is 28.4 Å². The number of carbonyl (C=O) groups excluding carboxylic acids is 2. The van der Waals surface area contributed by atoms with Crippen molar-refractivity contribution in [1.29, 1.82) is 0 Å². The molecule has 0 saturated carbocycles. The molecular formula is C14H14FN5O3S. The molecule has 5 N–H and O–H groups in total. The third-order valence-electron chi connectivity index (χ3n) is 2.80. The van der Waals surface area contributed by atoms with Crippen LogP contribution in [0, 0.1) is 5.82 Å². The summed E-state index contributed by atoms with van der Waals surface area (Å²) in [6.45, 7) is 1.56. The molecule has 1 unspecified atom stereocenters. The number of nitrogens with two attached hydrogens (primary N) is 1. The molecule has 0 radical (unpaired) electrons. The van der Waals surface area contributed by atoms with Crippen molar-refractivity contribution in [3.63, 3.8) is 0 Å². The quantitative estimate of drug-likeness (QED) is 0.359. The van der Waals surface area contributed by atoms with Gasteiger partial charge < -0.3 is 10.7 Å². The molecule has 24 heavy (non-hydrogen) atoms. The summed E-state index contributed by atoms with van der Waals surface area (Å²) in [6.07, 6.45) is 0. The zero-order valence-electron chi connectivity index (χ0n) is 12.5. The Balaban J connectivity index is 1.90. The minimum absolute atomic E-state index is 0.0403. The lowest BCUT2D eigenvalue weighted by molar-refractivity contribution is -0.121. The average molecular weight is 351 g/mol.